The van der Waals surface area contributed by atoms with Gasteiger partial charge in [-0.15, -0.1) is 6.58 Å². The fourth-order valence-corrected chi connectivity index (χ4v) is 8.39. The van der Waals surface area contributed by atoms with Gasteiger partial charge in [0.2, 0.25) is 0 Å². The van der Waals surface area contributed by atoms with Crippen LogP contribution in [0.1, 0.15) is 34.1 Å². The predicted octanol–water partition coefficient (Wildman–Crippen LogP) is 3.25. The van der Waals surface area contributed by atoms with Crippen molar-refractivity contribution >= 4 is 18.7 Å². The SMILES string of the molecule is C=C[C@H](O)[C@H](O)C[C@@H](C)O[Si](c1ccccc1)(c1ccccc1)C(C)(C)C. The molecule has 3 nitrogen and oxygen atoms in total. The molecule has 2 rings (SSSR count). The van der Waals surface area contributed by atoms with E-state index in [1.54, 1.807) is 0 Å². The van der Waals surface area contributed by atoms with Gasteiger partial charge in [-0.1, -0.05) is 87.5 Å². The zero-order valence-corrected chi connectivity index (χ0v) is 17.8. The Hall–Kier alpha value is -1.72. The van der Waals surface area contributed by atoms with Crippen LogP contribution in [0.3, 0.4) is 0 Å². The lowest BCUT2D eigenvalue weighted by Crippen LogP contribution is -2.67. The minimum absolute atomic E-state index is 0.119. The molecule has 27 heavy (non-hydrogen) atoms. The van der Waals surface area contributed by atoms with Gasteiger partial charge in [-0.25, -0.2) is 0 Å². The molecule has 4 heteroatoms. The highest BCUT2D eigenvalue weighted by atomic mass is 28.4. The molecule has 0 saturated heterocycles. The minimum atomic E-state index is -2.64. The van der Waals surface area contributed by atoms with E-state index in [1.165, 1.54) is 16.4 Å². The summed E-state index contributed by atoms with van der Waals surface area (Å²) in [4.78, 5) is 0. The Bertz CT molecular complexity index is 670. The van der Waals surface area contributed by atoms with Crippen molar-refractivity contribution in [2.45, 2.75) is 57.5 Å². The second kappa shape index (κ2) is 8.98. The average Bonchev–Trinajstić information content (AvgIpc) is 2.65. The van der Waals surface area contributed by atoms with Crippen LogP contribution in [-0.4, -0.2) is 36.8 Å². The Morgan fingerprint density at radius 3 is 1.78 bits per heavy atom. The molecule has 2 aromatic carbocycles. The molecule has 0 heterocycles. The van der Waals surface area contributed by atoms with Gasteiger partial charge in [0.1, 0.15) is 0 Å². The summed E-state index contributed by atoms with van der Waals surface area (Å²) < 4.78 is 6.87. The number of benzene rings is 2. The molecule has 0 spiro atoms. The second-order valence-corrected chi connectivity index (χ2v) is 12.4. The average molecular weight is 385 g/mol. The fourth-order valence-electron chi connectivity index (χ4n) is 3.68. The Kier molecular flexibility index (Phi) is 7.17. The molecule has 0 fully saturated rings. The van der Waals surface area contributed by atoms with Crippen LogP contribution in [-0.2, 0) is 4.43 Å². The molecule has 0 aliphatic carbocycles. The summed E-state index contributed by atoms with van der Waals surface area (Å²) in [6.45, 7) is 12.2. The van der Waals surface area contributed by atoms with E-state index in [0.717, 1.165) is 0 Å². The Morgan fingerprint density at radius 1 is 0.963 bits per heavy atom. The van der Waals surface area contributed by atoms with Gasteiger partial charge in [-0.2, -0.15) is 0 Å². The van der Waals surface area contributed by atoms with Crippen LogP contribution in [0.25, 0.3) is 0 Å². The number of rotatable bonds is 8. The summed E-state index contributed by atoms with van der Waals surface area (Å²) in [6, 6.07) is 20.8. The van der Waals surface area contributed by atoms with Crippen molar-refractivity contribution in [1.82, 2.24) is 0 Å². The Balaban J connectivity index is 2.51. The number of hydrogen-bond donors (Lipinski definition) is 2. The first-order chi connectivity index (χ1) is 12.7. The van der Waals surface area contributed by atoms with E-state index in [4.69, 9.17) is 4.43 Å². The third kappa shape index (κ3) is 4.77. The molecule has 0 aromatic heterocycles. The first kappa shape index (κ1) is 21.6. The van der Waals surface area contributed by atoms with Crippen molar-refractivity contribution in [3.8, 4) is 0 Å². The maximum absolute atomic E-state index is 10.2. The topological polar surface area (TPSA) is 49.7 Å². The Morgan fingerprint density at radius 2 is 1.41 bits per heavy atom. The van der Waals surface area contributed by atoms with Gasteiger partial charge >= 0.3 is 0 Å². The van der Waals surface area contributed by atoms with Crippen molar-refractivity contribution < 1.29 is 14.6 Å². The number of hydrogen-bond acceptors (Lipinski definition) is 3. The number of aliphatic hydroxyl groups is 2. The van der Waals surface area contributed by atoms with Crippen LogP contribution >= 0.6 is 0 Å². The summed E-state index contributed by atoms with van der Waals surface area (Å²) in [5.41, 5.74) is 0. The van der Waals surface area contributed by atoms with Crippen molar-refractivity contribution in [3.05, 3.63) is 73.3 Å². The maximum Gasteiger partial charge on any atom is 0.261 e. The van der Waals surface area contributed by atoms with Crippen molar-refractivity contribution in [2.24, 2.45) is 0 Å². The molecule has 0 aliphatic rings. The van der Waals surface area contributed by atoms with Gasteiger partial charge in [0.05, 0.1) is 12.2 Å². The van der Waals surface area contributed by atoms with E-state index >= 15 is 0 Å². The molecule has 0 amide bonds. The van der Waals surface area contributed by atoms with E-state index in [2.05, 4.69) is 75.9 Å². The first-order valence-electron chi connectivity index (χ1n) is 9.50. The molecule has 0 bridgehead atoms. The predicted molar refractivity (Wildman–Crippen MR) is 115 cm³/mol. The summed E-state index contributed by atoms with van der Waals surface area (Å²) in [6.07, 6.45) is -0.357. The van der Waals surface area contributed by atoms with E-state index in [9.17, 15) is 10.2 Å². The molecule has 0 saturated carbocycles. The number of aliphatic hydroxyl groups excluding tert-OH is 2. The summed E-state index contributed by atoms with van der Waals surface area (Å²) in [5, 5.41) is 22.4. The van der Waals surface area contributed by atoms with E-state index in [-0.39, 0.29) is 11.1 Å². The maximum atomic E-state index is 10.2. The van der Waals surface area contributed by atoms with Crippen LogP contribution in [0.15, 0.2) is 73.3 Å². The largest absolute Gasteiger partial charge is 0.405 e. The molecule has 2 aromatic rings. The quantitative estimate of drug-likeness (QED) is 0.543. The highest BCUT2D eigenvalue weighted by molar-refractivity contribution is 6.99. The van der Waals surface area contributed by atoms with E-state index in [0.29, 0.717) is 6.42 Å². The molecule has 3 atom stereocenters. The van der Waals surface area contributed by atoms with Crippen molar-refractivity contribution in [1.29, 1.82) is 0 Å². The third-order valence-electron chi connectivity index (χ3n) is 5.00. The molecule has 0 radical (unpaired) electrons. The van der Waals surface area contributed by atoms with Crippen molar-refractivity contribution in [2.75, 3.05) is 0 Å². The molecule has 2 N–H and O–H groups in total. The fraction of sp³-hybridized carbons (Fsp3) is 0.391. The molecular weight excluding hydrogens is 352 g/mol. The molecule has 0 aliphatic heterocycles. The van der Waals surface area contributed by atoms with Gasteiger partial charge in [0.15, 0.2) is 0 Å². The van der Waals surface area contributed by atoms with Gasteiger partial charge in [-0.05, 0) is 22.3 Å². The standard InChI is InChI=1S/C23H32O3Si/c1-6-21(24)22(25)17-18(2)26-27(23(3,4)5,19-13-9-7-10-14-19)20-15-11-8-12-16-20/h6-16,18,21-22,24-25H,1,17H2,2-5H3/t18-,21+,22-/m1/s1. The zero-order chi connectivity index (χ0) is 20.1. The third-order valence-corrected chi connectivity index (χ3v) is 10.2. The highest BCUT2D eigenvalue weighted by Crippen LogP contribution is 2.37. The van der Waals surface area contributed by atoms with Crippen molar-refractivity contribution in [3.63, 3.8) is 0 Å². The monoisotopic (exact) mass is 384 g/mol. The first-order valence-corrected chi connectivity index (χ1v) is 11.4. The van der Waals surface area contributed by atoms with E-state index in [1.807, 2.05) is 19.1 Å². The smallest absolute Gasteiger partial charge is 0.261 e. The van der Waals surface area contributed by atoms with Crippen LogP contribution in [0.4, 0.5) is 0 Å². The molecule has 0 unspecified atom stereocenters. The minimum Gasteiger partial charge on any atom is -0.405 e. The van der Waals surface area contributed by atoms with Gasteiger partial charge in [-0.3, -0.25) is 0 Å². The van der Waals surface area contributed by atoms with Crippen LogP contribution < -0.4 is 10.4 Å². The second-order valence-electron chi connectivity index (χ2n) is 8.12. The Labute approximate surface area is 164 Å². The lowest BCUT2D eigenvalue weighted by atomic mass is 10.1. The molecule has 146 valence electrons. The van der Waals surface area contributed by atoms with Crippen LogP contribution in [0.2, 0.25) is 5.04 Å². The van der Waals surface area contributed by atoms with Crippen LogP contribution in [0.5, 0.6) is 0 Å². The lowest BCUT2D eigenvalue weighted by molar-refractivity contribution is 0.0177. The summed E-state index contributed by atoms with van der Waals surface area (Å²) in [5.74, 6) is 0. The lowest BCUT2D eigenvalue weighted by Gasteiger charge is -2.45. The normalized spacial score (nSPS) is 15.8. The summed E-state index contributed by atoms with van der Waals surface area (Å²) >= 11 is 0. The van der Waals surface area contributed by atoms with Gasteiger partial charge < -0.3 is 14.6 Å². The highest BCUT2D eigenvalue weighted by Gasteiger charge is 2.51. The van der Waals surface area contributed by atoms with E-state index < -0.39 is 20.5 Å². The van der Waals surface area contributed by atoms with Gasteiger partial charge in [0, 0.05) is 12.5 Å². The summed E-state index contributed by atoms with van der Waals surface area (Å²) in [7, 11) is -2.64. The van der Waals surface area contributed by atoms with Gasteiger partial charge in [0.25, 0.3) is 8.32 Å². The zero-order valence-electron chi connectivity index (χ0n) is 16.8. The van der Waals surface area contributed by atoms with Crippen LogP contribution in [0, 0.1) is 0 Å². The molecular formula is C23H32O3Si.